The Labute approximate surface area is 178 Å². The Balaban J connectivity index is 1.42. The van der Waals surface area contributed by atoms with Crippen molar-refractivity contribution in [1.82, 2.24) is 20.0 Å². The van der Waals surface area contributed by atoms with Crippen LogP contribution in [0.3, 0.4) is 0 Å². The molecule has 2 aliphatic heterocycles. The summed E-state index contributed by atoms with van der Waals surface area (Å²) in [5.74, 6) is 0.0310. The van der Waals surface area contributed by atoms with Gasteiger partial charge in [-0.25, -0.2) is 0 Å². The van der Waals surface area contributed by atoms with Gasteiger partial charge >= 0.3 is 0 Å². The lowest BCUT2D eigenvalue weighted by Gasteiger charge is -2.40. The lowest BCUT2D eigenvalue weighted by molar-refractivity contribution is -0.139. The quantitative estimate of drug-likeness (QED) is 0.822. The van der Waals surface area contributed by atoms with Crippen molar-refractivity contribution in [2.24, 2.45) is 0 Å². The third-order valence-electron chi connectivity index (χ3n) is 6.23. The van der Waals surface area contributed by atoms with Gasteiger partial charge in [-0.1, -0.05) is 60.7 Å². The average molecular weight is 407 g/mol. The van der Waals surface area contributed by atoms with Crippen molar-refractivity contribution in [2.45, 2.75) is 18.5 Å². The van der Waals surface area contributed by atoms with Crippen molar-refractivity contribution >= 4 is 11.8 Å². The van der Waals surface area contributed by atoms with E-state index >= 15 is 0 Å². The van der Waals surface area contributed by atoms with Gasteiger partial charge in [0.1, 0.15) is 0 Å². The summed E-state index contributed by atoms with van der Waals surface area (Å²) < 4.78 is 0. The van der Waals surface area contributed by atoms with Crippen LogP contribution in [0.2, 0.25) is 0 Å². The van der Waals surface area contributed by atoms with Crippen LogP contribution in [0.5, 0.6) is 0 Å². The van der Waals surface area contributed by atoms with Crippen molar-refractivity contribution in [2.75, 3.05) is 46.3 Å². The standard InChI is InChI=1S/C24H30N4O2/c1-26-13-12-25-24(30)21(26)18-22(29)27-14-16-28(17-15-27)23(19-8-4-2-5-9-19)20-10-6-3-7-11-20/h2-11,21,23H,12-18H2,1H3,(H,25,30)/t21-/m0/s1. The Bertz CT molecular complexity index is 811. The summed E-state index contributed by atoms with van der Waals surface area (Å²) >= 11 is 0. The lowest BCUT2D eigenvalue weighted by atomic mass is 9.96. The molecule has 2 amide bonds. The Morgan fingerprint density at radius 3 is 2.03 bits per heavy atom. The Hall–Kier alpha value is -2.70. The van der Waals surface area contributed by atoms with Crippen LogP contribution >= 0.6 is 0 Å². The van der Waals surface area contributed by atoms with E-state index in [1.165, 1.54) is 11.1 Å². The van der Waals surface area contributed by atoms with Crippen LogP contribution in [-0.2, 0) is 9.59 Å². The predicted molar refractivity (Wildman–Crippen MR) is 117 cm³/mol. The van der Waals surface area contributed by atoms with Crippen LogP contribution in [0.25, 0.3) is 0 Å². The third kappa shape index (κ3) is 4.55. The normalized spacial score (nSPS) is 20.9. The number of carbonyl (C=O) groups is 2. The van der Waals surface area contributed by atoms with Crippen molar-refractivity contribution in [1.29, 1.82) is 0 Å². The molecule has 2 aromatic rings. The molecule has 0 aromatic heterocycles. The number of nitrogens with one attached hydrogen (secondary N) is 1. The molecule has 2 fully saturated rings. The SMILES string of the molecule is CN1CCNC(=O)[C@@H]1CC(=O)N1CCN(C(c2ccccc2)c2ccccc2)CC1. The first-order valence-corrected chi connectivity index (χ1v) is 10.7. The zero-order chi connectivity index (χ0) is 20.9. The molecular formula is C24H30N4O2. The fourth-order valence-electron chi connectivity index (χ4n) is 4.49. The Morgan fingerprint density at radius 2 is 1.50 bits per heavy atom. The fraction of sp³-hybridized carbons (Fsp3) is 0.417. The van der Waals surface area contributed by atoms with Gasteiger partial charge in [0.25, 0.3) is 0 Å². The van der Waals surface area contributed by atoms with Gasteiger partial charge in [-0.05, 0) is 18.2 Å². The zero-order valence-electron chi connectivity index (χ0n) is 17.5. The molecule has 4 rings (SSSR count). The van der Waals surface area contributed by atoms with Gasteiger partial charge < -0.3 is 10.2 Å². The number of benzene rings is 2. The first kappa shape index (κ1) is 20.6. The van der Waals surface area contributed by atoms with Crippen LogP contribution in [0.1, 0.15) is 23.6 Å². The highest BCUT2D eigenvalue weighted by Gasteiger charge is 2.33. The first-order chi connectivity index (χ1) is 14.6. The van der Waals surface area contributed by atoms with E-state index in [9.17, 15) is 9.59 Å². The number of piperazine rings is 2. The number of carbonyl (C=O) groups excluding carboxylic acids is 2. The molecule has 2 heterocycles. The van der Waals surface area contributed by atoms with E-state index in [2.05, 4.69) is 58.7 Å². The Morgan fingerprint density at radius 1 is 0.933 bits per heavy atom. The number of hydrogen-bond acceptors (Lipinski definition) is 4. The van der Waals surface area contributed by atoms with Crippen LogP contribution in [0.15, 0.2) is 60.7 Å². The summed E-state index contributed by atoms with van der Waals surface area (Å²) in [4.78, 5) is 31.4. The molecule has 2 aromatic carbocycles. The highest BCUT2D eigenvalue weighted by molar-refractivity contribution is 5.88. The molecule has 0 spiro atoms. The molecule has 0 unspecified atom stereocenters. The molecule has 1 atom stereocenters. The minimum atomic E-state index is -0.356. The van der Waals surface area contributed by atoms with Gasteiger partial charge in [-0.15, -0.1) is 0 Å². The first-order valence-electron chi connectivity index (χ1n) is 10.7. The minimum absolute atomic E-state index is 0.0380. The fourth-order valence-corrected chi connectivity index (χ4v) is 4.49. The van der Waals surface area contributed by atoms with Crippen LogP contribution in [0, 0.1) is 0 Å². The molecule has 6 nitrogen and oxygen atoms in total. The molecule has 1 N–H and O–H groups in total. The van der Waals surface area contributed by atoms with E-state index in [1.54, 1.807) is 0 Å². The summed E-state index contributed by atoms with van der Waals surface area (Å²) in [5, 5.41) is 2.87. The van der Waals surface area contributed by atoms with Gasteiger partial charge in [0.05, 0.1) is 18.5 Å². The highest BCUT2D eigenvalue weighted by atomic mass is 16.2. The molecule has 0 aliphatic carbocycles. The molecule has 6 heteroatoms. The second-order valence-corrected chi connectivity index (χ2v) is 8.13. The lowest BCUT2D eigenvalue weighted by Crippen LogP contribution is -2.56. The summed E-state index contributed by atoms with van der Waals surface area (Å²) in [6.45, 7) is 4.44. The average Bonchev–Trinajstić information content (AvgIpc) is 2.78. The monoisotopic (exact) mass is 406 g/mol. The third-order valence-corrected chi connectivity index (χ3v) is 6.23. The number of rotatable bonds is 5. The predicted octanol–water partition coefficient (Wildman–Crippen LogP) is 1.74. The molecular weight excluding hydrogens is 376 g/mol. The van der Waals surface area contributed by atoms with Crippen molar-refractivity contribution in [3.8, 4) is 0 Å². The van der Waals surface area contributed by atoms with Crippen molar-refractivity contribution in [3.05, 3.63) is 71.8 Å². The summed E-state index contributed by atoms with van der Waals surface area (Å²) in [6.07, 6.45) is 0.253. The second kappa shape index (κ2) is 9.41. The van der Waals surface area contributed by atoms with Gasteiger partial charge in [-0.3, -0.25) is 19.4 Å². The summed E-state index contributed by atoms with van der Waals surface area (Å²) in [7, 11) is 1.92. The molecule has 2 saturated heterocycles. The van der Waals surface area contributed by atoms with E-state index in [-0.39, 0.29) is 30.3 Å². The maximum atomic E-state index is 12.9. The largest absolute Gasteiger partial charge is 0.353 e. The number of nitrogens with zero attached hydrogens (tertiary/aromatic N) is 3. The van der Waals surface area contributed by atoms with Gasteiger partial charge in [0.2, 0.25) is 11.8 Å². The Kier molecular flexibility index (Phi) is 6.45. The maximum absolute atomic E-state index is 12.9. The molecule has 0 saturated carbocycles. The molecule has 0 radical (unpaired) electrons. The van der Waals surface area contributed by atoms with Gasteiger partial charge in [-0.2, -0.15) is 0 Å². The van der Waals surface area contributed by atoms with Crippen LogP contribution < -0.4 is 5.32 Å². The maximum Gasteiger partial charge on any atom is 0.237 e. The molecule has 158 valence electrons. The number of likely N-dealkylation sites (N-methyl/N-ethyl adjacent to an activating group) is 1. The molecule has 30 heavy (non-hydrogen) atoms. The zero-order valence-corrected chi connectivity index (χ0v) is 17.5. The summed E-state index contributed by atoms with van der Waals surface area (Å²) in [6, 6.07) is 20.9. The van der Waals surface area contributed by atoms with Crippen LogP contribution in [0.4, 0.5) is 0 Å². The summed E-state index contributed by atoms with van der Waals surface area (Å²) in [5.41, 5.74) is 2.54. The van der Waals surface area contributed by atoms with E-state index < -0.39 is 0 Å². The van der Waals surface area contributed by atoms with E-state index in [1.807, 2.05) is 29.0 Å². The van der Waals surface area contributed by atoms with E-state index in [4.69, 9.17) is 0 Å². The minimum Gasteiger partial charge on any atom is -0.353 e. The highest BCUT2D eigenvalue weighted by Crippen LogP contribution is 2.29. The van der Waals surface area contributed by atoms with Crippen molar-refractivity contribution in [3.63, 3.8) is 0 Å². The molecule has 0 bridgehead atoms. The van der Waals surface area contributed by atoms with Crippen molar-refractivity contribution < 1.29 is 9.59 Å². The van der Waals surface area contributed by atoms with E-state index in [0.29, 0.717) is 19.6 Å². The smallest absolute Gasteiger partial charge is 0.237 e. The van der Waals surface area contributed by atoms with Gasteiger partial charge in [0, 0.05) is 39.3 Å². The topological polar surface area (TPSA) is 55.9 Å². The second-order valence-electron chi connectivity index (χ2n) is 8.13. The number of hydrogen-bond donors (Lipinski definition) is 1. The van der Waals surface area contributed by atoms with E-state index in [0.717, 1.165) is 19.6 Å². The van der Waals surface area contributed by atoms with Gasteiger partial charge in [0.15, 0.2) is 0 Å². The number of amides is 2. The van der Waals surface area contributed by atoms with Crippen LogP contribution in [-0.4, -0.2) is 78.9 Å². The molecule has 2 aliphatic rings.